The molecule has 1 aromatic rings. The largest absolute Gasteiger partial charge is 0.384 e. The van der Waals surface area contributed by atoms with Crippen molar-refractivity contribution in [1.82, 2.24) is 0 Å². The molecule has 0 aliphatic heterocycles. The van der Waals surface area contributed by atoms with Crippen molar-refractivity contribution in [2.45, 2.75) is 19.8 Å². The zero-order chi connectivity index (χ0) is 11.1. The smallest absolute Gasteiger partial charge is 0.138 e. The van der Waals surface area contributed by atoms with Crippen LogP contribution in [-0.2, 0) is 16.0 Å². The molecule has 1 aromatic carbocycles. The highest BCUT2D eigenvalue weighted by Gasteiger charge is 2.11. The van der Waals surface area contributed by atoms with Crippen molar-refractivity contribution in [3.63, 3.8) is 0 Å². The molecule has 15 heavy (non-hydrogen) atoms. The van der Waals surface area contributed by atoms with E-state index in [1.165, 1.54) is 5.56 Å². The van der Waals surface area contributed by atoms with Gasteiger partial charge in [0, 0.05) is 19.4 Å². The number of carbonyl (C=O) groups is 1. The Morgan fingerprint density at radius 2 is 2.00 bits per heavy atom. The first-order chi connectivity index (χ1) is 7.24. The maximum Gasteiger partial charge on any atom is 0.138 e. The summed E-state index contributed by atoms with van der Waals surface area (Å²) in [4.78, 5) is 11.6. The number of hydrogen-bond donors (Lipinski definition) is 0. The predicted molar refractivity (Wildman–Crippen MR) is 60.8 cm³/mol. The van der Waals surface area contributed by atoms with Gasteiger partial charge in [-0.05, 0) is 12.0 Å². The van der Waals surface area contributed by atoms with Gasteiger partial charge in [-0.3, -0.25) is 4.79 Å². The number of benzene rings is 1. The van der Waals surface area contributed by atoms with Crippen molar-refractivity contribution < 1.29 is 9.53 Å². The lowest BCUT2D eigenvalue weighted by atomic mass is 10.0. The van der Waals surface area contributed by atoms with Crippen molar-refractivity contribution in [3.05, 3.63) is 35.9 Å². The summed E-state index contributed by atoms with van der Waals surface area (Å²) < 4.78 is 4.96. The second kappa shape index (κ2) is 6.36. The van der Waals surface area contributed by atoms with E-state index in [0.29, 0.717) is 13.0 Å². The predicted octanol–water partition coefficient (Wildman–Crippen LogP) is 2.47. The number of methoxy groups -OCH3 is 1. The van der Waals surface area contributed by atoms with Crippen molar-refractivity contribution in [2.24, 2.45) is 5.92 Å². The third-order valence-corrected chi connectivity index (χ3v) is 2.47. The molecule has 0 bridgehead atoms. The van der Waals surface area contributed by atoms with Crippen LogP contribution in [0.4, 0.5) is 0 Å². The minimum atomic E-state index is 0.0127. The van der Waals surface area contributed by atoms with Crippen molar-refractivity contribution in [3.8, 4) is 0 Å². The van der Waals surface area contributed by atoms with Gasteiger partial charge < -0.3 is 4.74 Å². The highest BCUT2D eigenvalue weighted by Crippen LogP contribution is 2.07. The van der Waals surface area contributed by atoms with Crippen LogP contribution in [0.2, 0.25) is 0 Å². The zero-order valence-corrected chi connectivity index (χ0v) is 9.40. The molecule has 0 amide bonds. The van der Waals surface area contributed by atoms with Gasteiger partial charge in [-0.15, -0.1) is 0 Å². The van der Waals surface area contributed by atoms with Crippen molar-refractivity contribution in [1.29, 1.82) is 0 Å². The van der Waals surface area contributed by atoms with Crippen LogP contribution in [0, 0.1) is 5.92 Å². The lowest BCUT2D eigenvalue weighted by Gasteiger charge is -2.08. The third-order valence-electron chi connectivity index (χ3n) is 2.47. The van der Waals surface area contributed by atoms with Crippen molar-refractivity contribution >= 4 is 5.78 Å². The maximum absolute atomic E-state index is 11.6. The number of ether oxygens (including phenoxy) is 1. The Morgan fingerprint density at radius 1 is 1.33 bits per heavy atom. The van der Waals surface area contributed by atoms with Crippen LogP contribution in [0.1, 0.15) is 18.9 Å². The second-order valence-electron chi connectivity index (χ2n) is 3.81. The normalized spacial score (nSPS) is 12.4. The Morgan fingerprint density at radius 3 is 2.60 bits per heavy atom. The van der Waals surface area contributed by atoms with E-state index < -0.39 is 0 Å². The molecule has 1 rings (SSSR count). The van der Waals surface area contributed by atoms with Crippen LogP contribution >= 0.6 is 0 Å². The first kappa shape index (κ1) is 11.9. The zero-order valence-electron chi connectivity index (χ0n) is 9.40. The molecule has 0 heterocycles. The number of rotatable bonds is 6. The van der Waals surface area contributed by atoms with E-state index >= 15 is 0 Å². The quantitative estimate of drug-likeness (QED) is 0.714. The molecular weight excluding hydrogens is 188 g/mol. The van der Waals surface area contributed by atoms with E-state index in [-0.39, 0.29) is 11.7 Å². The molecule has 0 spiro atoms. The fourth-order valence-electron chi connectivity index (χ4n) is 1.50. The maximum atomic E-state index is 11.6. The van der Waals surface area contributed by atoms with Gasteiger partial charge in [0.1, 0.15) is 5.78 Å². The molecular formula is C13H18O2. The molecule has 0 aromatic heterocycles. The number of carbonyl (C=O) groups excluding carboxylic acids is 1. The number of Topliss-reactive ketones (excluding diaryl/α,β-unsaturated/α-hetero) is 1. The summed E-state index contributed by atoms with van der Waals surface area (Å²) in [7, 11) is 1.63. The standard InChI is InChI=1S/C13H18O2/c1-11(10-15-2)13(14)9-8-12-6-4-3-5-7-12/h3-7,11H,8-10H2,1-2H3. The SMILES string of the molecule is COCC(C)C(=O)CCc1ccccc1. The molecule has 0 fully saturated rings. The first-order valence-electron chi connectivity index (χ1n) is 5.29. The molecule has 0 N–H and O–H groups in total. The lowest BCUT2D eigenvalue weighted by Crippen LogP contribution is -2.16. The highest BCUT2D eigenvalue weighted by molar-refractivity contribution is 5.80. The Kier molecular flexibility index (Phi) is 5.05. The summed E-state index contributed by atoms with van der Waals surface area (Å²) in [6.45, 7) is 2.43. The molecule has 0 aliphatic rings. The van der Waals surface area contributed by atoms with E-state index in [1.807, 2.05) is 37.3 Å². The summed E-state index contributed by atoms with van der Waals surface area (Å²) in [5.74, 6) is 0.291. The van der Waals surface area contributed by atoms with Gasteiger partial charge in [0.2, 0.25) is 0 Å². The number of aryl methyl sites for hydroxylation is 1. The molecule has 0 aliphatic carbocycles. The topological polar surface area (TPSA) is 26.3 Å². The van der Waals surface area contributed by atoms with Gasteiger partial charge in [-0.1, -0.05) is 37.3 Å². The van der Waals surface area contributed by atoms with E-state index in [4.69, 9.17) is 4.74 Å². The molecule has 2 heteroatoms. The number of hydrogen-bond acceptors (Lipinski definition) is 2. The monoisotopic (exact) mass is 206 g/mol. The van der Waals surface area contributed by atoms with E-state index in [9.17, 15) is 4.79 Å². The molecule has 1 unspecified atom stereocenters. The molecule has 2 nitrogen and oxygen atoms in total. The summed E-state index contributed by atoms with van der Waals surface area (Å²) in [5, 5.41) is 0. The van der Waals surface area contributed by atoms with Crippen LogP contribution in [-0.4, -0.2) is 19.5 Å². The van der Waals surface area contributed by atoms with Gasteiger partial charge in [0.15, 0.2) is 0 Å². The van der Waals surface area contributed by atoms with Crippen LogP contribution < -0.4 is 0 Å². The average Bonchev–Trinajstić information content (AvgIpc) is 2.27. The molecule has 1 atom stereocenters. The minimum absolute atomic E-state index is 0.0127. The summed E-state index contributed by atoms with van der Waals surface area (Å²) in [5.41, 5.74) is 1.22. The van der Waals surface area contributed by atoms with Gasteiger partial charge in [0.05, 0.1) is 6.61 Å². The molecule has 0 saturated heterocycles. The van der Waals surface area contributed by atoms with Gasteiger partial charge >= 0.3 is 0 Å². The molecule has 0 radical (unpaired) electrons. The summed E-state index contributed by atoms with van der Waals surface area (Å²) in [6, 6.07) is 10.1. The average molecular weight is 206 g/mol. The lowest BCUT2D eigenvalue weighted by molar-refractivity contribution is -0.123. The third kappa shape index (κ3) is 4.26. The summed E-state index contributed by atoms with van der Waals surface area (Å²) >= 11 is 0. The summed E-state index contributed by atoms with van der Waals surface area (Å²) in [6.07, 6.45) is 1.43. The fraction of sp³-hybridized carbons (Fsp3) is 0.462. The Labute approximate surface area is 91.3 Å². The molecule has 82 valence electrons. The van der Waals surface area contributed by atoms with Crippen molar-refractivity contribution in [2.75, 3.05) is 13.7 Å². The van der Waals surface area contributed by atoms with Crippen LogP contribution in [0.25, 0.3) is 0 Å². The van der Waals surface area contributed by atoms with Gasteiger partial charge in [-0.25, -0.2) is 0 Å². The Bertz CT molecular complexity index is 293. The Balaban J connectivity index is 2.34. The van der Waals surface area contributed by atoms with Crippen LogP contribution in [0.15, 0.2) is 30.3 Å². The minimum Gasteiger partial charge on any atom is -0.384 e. The van der Waals surface area contributed by atoms with E-state index in [0.717, 1.165) is 6.42 Å². The highest BCUT2D eigenvalue weighted by atomic mass is 16.5. The van der Waals surface area contributed by atoms with Gasteiger partial charge in [-0.2, -0.15) is 0 Å². The van der Waals surface area contributed by atoms with E-state index in [2.05, 4.69) is 0 Å². The molecule has 0 saturated carbocycles. The first-order valence-corrected chi connectivity index (χ1v) is 5.29. The van der Waals surface area contributed by atoms with Crippen LogP contribution in [0.3, 0.4) is 0 Å². The number of ketones is 1. The Hall–Kier alpha value is -1.15. The van der Waals surface area contributed by atoms with Crippen LogP contribution in [0.5, 0.6) is 0 Å². The fourth-order valence-corrected chi connectivity index (χ4v) is 1.50. The second-order valence-corrected chi connectivity index (χ2v) is 3.81. The van der Waals surface area contributed by atoms with E-state index in [1.54, 1.807) is 7.11 Å². The van der Waals surface area contributed by atoms with Gasteiger partial charge in [0.25, 0.3) is 0 Å².